The second-order valence-electron chi connectivity index (χ2n) is 3.16. The van der Waals surface area contributed by atoms with Gasteiger partial charge < -0.3 is 0 Å². The molecule has 2 aromatic rings. The van der Waals surface area contributed by atoms with Crippen LogP contribution < -0.4 is 0 Å². The second-order valence-corrected chi connectivity index (χ2v) is 3.16. The molecule has 0 aliphatic heterocycles. The predicted octanol–water partition coefficient (Wildman–Crippen LogP) is 2.88. The average molecular weight is 191 g/mol. The topological polar surface area (TPSA) is 30.2 Å². The minimum absolute atomic E-state index is 0.502. The monoisotopic (exact) mass is 191 g/mol. The molecule has 0 fully saturated rings. The van der Waals surface area contributed by atoms with Crippen molar-refractivity contribution in [1.29, 1.82) is 0 Å². The molecule has 3 heteroatoms. The normalized spacial score (nSPS) is 10.1. The number of hydrogen-bond donors (Lipinski definition) is 0. The molecule has 0 saturated carbocycles. The Kier molecular flexibility index (Phi) is 3.63. The number of rotatable bonds is 1. The Bertz CT molecular complexity index is 390. The molecule has 0 spiro atoms. The van der Waals surface area contributed by atoms with Crippen LogP contribution in [0.2, 0.25) is 0 Å². The first-order valence-corrected chi connectivity index (χ1v) is 5.06. The molecule has 0 aromatic carbocycles. The Morgan fingerprint density at radius 3 is 2.57 bits per heavy atom. The highest BCUT2D eigenvalue weighted by atomic mass is 15.2. The van der Waals surface area contributed by atoms with Crippen molar-refractivity contribution in [3.05, 3.63) is 30.4 Å². The van der Waals surface area contributed by atoms with Crippen molar-refractivity contribution in [1.82, 2.24) is 14.6 Å². The van der Waals surface area contributed by atoms with Crippen molar-refractivity contribution in [2.75, 3.05) is 0 Å². The van der Waals surface area contributed by atoms with Crippen molar-refractivity contribution in [3.63, 3.8) is 0 Å². The molecule has 0 amide bonds. The van der Waals surface area contributed by atoms with E-state index >= 15 is 0 Å². The van der Waals surface area contributed by atoms with Gasteiger partial charge in [-0.2, -0.15) is 5.10 Å². The zero-order chi connectivity index (χ0) is 10.6. The number of nitrogens with zero attached hydrogens (tertiary/aromatic N) is 3. The van der Waals surface area contributed by atoms with E-state index in [4.69, 9.17) is 0 Å². The summed E-state index contributed by atoms with van der Waals surface area (Å²) in [6, 6.07) is 4.13. The van der Waals surface area contributed by atoms with Gasteiger partial charge in [0, 0.05) is 5.69 Å². The summed E-state index contributed by atoms with van der Waals surface area (Å²) in [5.41, 5.74) is 2.29. The Hall–Kier alpha value is -1.38. The first-order valence-electron chi connectivity index (χ1n) is 5.06. The van der Waals surface area contributed by atoms with Crippen molar-refractivity contribution < 1.29 is 0 Å². The fraction of sp³-hybridized carbons (Fsp3) is 0.455. The Morgan fingerprint density at radius 2 is 1.93 bits per heavy atom. The quantitative estimate of drug-likeness (QED) is 0.693. The van der Waals surface area contributed by atoms with Crippen LogP contribution in [0.25, 0.3) is 5.52 Å². The van der Waals surface area contributed by atoms with E-state index in [0.29, 0.717) is 5.92 Å². The molecular formula is C11H17N3. The van der Waals surface area contributed by atoms with Gasteiger partial charge in [-0.1, -0.05) is 27.7 Å². The third kappa shape index (κ3) is 1.92. The lowest BCUT2D eigenvalue weighted by molar-refractivity contribution is 0.751. The molecule has 0 saturated heterocycles. The summed E-state index contributed by atoms with van der Waals surface area (Å²) in [7, 11) is 0. The summed E-state index contributed by atoms with van der Waals surface area (Å²) in [6.07, 6.45) is 3.39. The van der Waals surface area contributed by atoms with Crippen LogP contribution in [-0.2, 0) is 0 Å². The molecule has 0 radical (unpaired) electrons. The summed E-state index contributed by atoms with van der Waals surface area (Å²) in [4.78, 5) is 3.95. The van der Waals surface area contributed by atoms with Gasteiger partial charge in [0.25, 0.3) is 0 Å². The molecule has 0 bridgehead atoms. The molecule has 2 rings (SSSR count). The maximum absolute atomic E-state index is 4.17. The molecule has 0 N–H and O–H groups in total. The molecular weight excluding hydrogens is 174 g/mol. The lowest BCUT2D eigenvalue weighted by Crippen LogP contribution is -1.98. The van der Waals surface area contributed by atoms with Crippen LogP contribution in [-0.4, -0.2) is 14.6 Å². The molecule has 0 atom stereocenters. The third-order valence-electron chi connectivity index (χ3n) is 1.95. The third-order valence-corrected chi connectivity index (χ3v) is 1.95. The molecule has 76 valence electrons. The summed E-state index contributed by atoms with van der Waals surface area (Å²) in [6.45, 7) is 8.31. The first-order chi connectivity index (χ1) is 6.79. The molecule has 14 heavy (non-hydrogen) atoms. The van der Waals surface area contributed by atoms with E-state index in [1.54, 1.807) is 6.33 Å². The van der Waals surface area contributed by atoms with E-state index in [1.165, 1.54) is 5.69 Å². The van der Waals surface area contributed by atoms with E-state index in [1.807, 2.05) is 30.6 Å². The summed E-state index contributed by atoms with van der Waals surface area (Å²) >= 11 is 0. The highest BCUT2D eigenvalue weighted by Gasteiger charge is 2.04. The van der Waals surface area contributed by atoms with Crippen molar-refractivity contribution >= 4 is 5.52 Å². The van der Waals surface area contributed by atoms with Gasteiger partial charge in [0.2, 0.25) is 0 Å². The fourth-order valence-electron chi connectivity index (χ4n) is 1.32. The lowest BCUT2D eigenvalue weighted by Gasteiger charge is -2.02. The molecule has 2 heterocycles. The zero-order valence-corrected chi connectivity index (χ0v) is 9.23. The highest BCUT2D eigenvalue weighted by molar-refractivity contribution is 5.46. The number of aromatic nitrogens is 3. The minimum atomic E-state index is 0.502. The average Bonchev–Trinajstić information content (AvgIpc) is 2.64. The van der Waals surface area contributed by atoms with E-state index in [0.717, 1.165) is 5.52 Å². The molecule has 0 aliphatic rings. The Labute approximate surface area is 84.8 Å². The van der Waals surface area contributed by atoms with Crippen molar-refractivity contribution in [3.8, 4) is 0 Å². The van der Waals surface area contributed by atoms with Gasteiger partial charge in [-0.15, -0.1) is 0 Å². The van der Waals surface area contributed by atoms with E-state index in [2.05, 4.69) is 30.0 Å². The smallest absolute Gasteiger partial charge is 0.136 e. The van der Waals surface area contributed by atoms with Crippen LogP contribution >= 0.6 is 0 Å². The van der Waals surface area contributed by atoms with Gasteiger partial charge in [-0.05, 0) is 18.1 Å². The first kappa shape index (κ1) is 10.7. The van der Waals surface area contributed by atoms with Crippen LogP contribution in [0.3, 0.4) is 0 Å². The van der Waals surface area contributed by atoms with Crippen LogP contribution in [0.1, 0.15) is 39.3 Å². The Balaban J connectivity index is 0.000000461. The largest absolute Gasteiger partial charge is 0.241 e. The molecule has 0 aliphatic carbocycles. The fourth-order valence-corrected chi connectivity index (χ4v) is 1.32. The van der Waals surface area contributed by atoms with E-state index in [-0.39, 0.29) is 0 Å². The van der Waals surface area contributed by atoms with Crippen LogP contribution in [0, 0.1) is 0 Å². The molecule has 2 aromatic heterocycles. The van der Waals surface area contributed by atoms with Crippen molar-refractivity contribution in [2.24, 2.45) is 0 Å². The highest BCUT2D eigenvalue weighted by Crippen LogP contribution is 2.15. The predicted molar refractivity (Wildman–Crippen MR) is 58.4 cm³/mol. The number of fused-ring (bicyclic) bond motifs is 1. The van der Waals surface area contributed by atoms with Crippen LogP contribution in [0.15, 0.2) is 24.7 Å². The Morgan fingerprint density at radius 1 is 1.21 bits per heavy atom. The standard InChI is InChI=1S/C9H11N3.C2H6/c1-7(2)9-4-3-8-5-10-6-11-12(8)9;1-2/h3-7H,1-2H3;1-2H3. The van der Waals surface area contributed by atoms with Gasteiger partial charge in [-0.3, -0.25) is 0 Å². The summed E-state index contributed by atoms with van der Waals surface area (Å²) in [5, 5.41) is 4.17. The van der Waals surface area contributed by atoms with E-state index < -0.39 is 0 Å². The van der Waals surface area contributed by atoms with Gasteiger partial charge in [0.1, 0.15) is 6.33 Å². The maximum Gasteiger partial charge on any atom is 0.136 e. The minimum Gasteiger partial charge on any atom is -0.241 e. The molecule has 0 unspecified atom stereocenters. The second kappa shape index (κ2) is 4.74. The zero-order valence-electron chi connectivity index (χ0n) is 9.23. The van der Waals surface area contributed by atoms with E-state index in [9.17, 15) is 0 Å². The van der Waals surface area contributed by atoms with Crippen molar-refractivity contribution in [2.45, 2.75) is 33.6 Å². The summed E-state index contributed by atoms with van der Waals surface area (Å²) in [5.74, 6) is 0.502. The van der Waals surface area contributed by atoms with Gasteiger partial charge in [0.15, 0.2) is 0 Å². The summed E-state index contributed by atoms with van der Waals surface area (Å²) < 4.78 is 1.93. The van der Waals surface area contributed by atoms with Gasteiger partial charge in [-0.25, -0.2) is 9.50 Å². The van der Waals surface area contributed by atoms with Gasteiger partial charge in [0.05, 0.1) is 11.7 Å². The molecule has 3 nitrogen and oxygen atoms in total. The van der Waals surface area contributed by atoms with Crippen LogP contribution in [0.5, 0.6) is 0 Å². The maximum atomic E-state index is 4.17. The van der Waals surface area contributed by atoms with Gasteiger partial charge >= 0.3 is 0 Å². The lowest BCUT2D eigenvalue weighted by atomic mass is 10.1. The number of hydrogen-bond acceptors (Lipinski definition) is 2. The van der Waals surface area contributed by atoms with Crippen LogP contribution in [0.4, 0.5) is 0 Å². The SMILES string of the molecule is CC.CC(C)c1ccc2cncnn12.